The van der Waals surface area contributed by atoms with E-state index in [1.165, 1.54) is 12.4 Å². The van der Waals surface area contributed by atoms with Crippen molar-refractivity contribution in [3.05, 3.63) is 23.7 Å². The largest absolute Gasteiger partial charge is 0.481 e. The maximum absolute atomic E-state index is 10.6. The fraction of sp³-hybridized carbons (Fsp3) is 0.308. The molecule has 0 amide bonds. The van der Waals surface area contributed by atoms with E-state index < -0.39 is 5.97 Å². The molecular formula is C13H14N6O2. The fourth-order valence-corrected chi connectivity index (χ4v) is 1.85. The van der Waals surface area contributed by atoms with Crippen LogP contribution >= 0.6 is 0 Å². The van der Waals surface area contributed by atoms with Crippen molar-refractivity contribution in [1.82, 2.24) is 19.7 Å². The average molecular weight is 286 g/mol. The van der Waals surface area contributed by atoms with Gasteiger partial charge in [-0.1, -0.05) is 0 Å². The van der Waals surface area contributed by atoms with Crippen molar-refractivity contribution in [2.45, 2.75) is 26.3 Å². The molecule has 2 aromatic heterocycles. The predicted molar refractivity (Wildman–Crippen MR) is 74.1 cm³/mol. The van der Waals surface area contributed by atoms with E-state index in [1.807, 2.05) is 19.9 Å². The Bertz CT molecular complexity index is 711. The predicted octanol–water partition coefficient (Wildman–Crippen LogP) is 1.00. The first-order chi connectivity index (χ1) is 9.93. The lowest BCUT2D eigenvalue weighted by Crippen LogP contribution is -2.07. The van der Waals surface area contributed by atoms with Crippen LogP contribution in [-0.2, 0) is 11.2 Å². The lowest BCUT2D eigenvalue weighted by atomic mass is 10.2. The van der Waals surface area contributed by atoms with Crippen LogP contribution in [0.2, 0.25) is 0 Å². The average Bonchev–Trinajstić information content (AvgIpc) is 2.76. The van der Waals surface area contributed by atoms with Crippen LogP contribution in [0.25, 0.3) is 11.4 Å². The van der Waals surface area contributed by atoms with Gasteiger partial charge in [0, 0.05) is 12.2 Å². The van der Waals surface area contributed by atoms with Crippen LogP contribution < -0.4 is 5.73 Å². The highest BCUT2D eigenvalue weighted by Gasteiger charge is 2.19. The van der Waals surface area contributed by atoms with Crippen molar-refractivity contribution in [3.8, 4) is 17.5 Å². The van der Waals surface area contributed by atoms with Gasteiger partial charge < -0.3 is 10.8 Å². The zero-order valence-electron chi connectivity index (χ0n) is 11.6. The number of carboxylic acids is 1. The molecule has 2 aromatic rings. The highest BCUT2D eigenvalue weighted by Crippen LogP contribution is 2.26. The van der Waals surface area contributed by atoms with Crippen LogP contribution in [0.1, 0.15) is 31.1 Å². The van der Waals surface area contributed by atoms with Gasteiger partial charge in [-0.15, -0.1) is 0 Å². The second-order valence-corrected chi connectivity index (χ2v) is 4.72. The van der Waals surface area contributed by atoms with Gasteiger partial charge in [0.2, 0.25) is 0 Å². The number of carboxylic acid groups (broad SMARTS) is 1. The summed E-state index contributed by atoms with van der Waals surface area (Å²) in [5.41, 5.74) is 7.20. The number of nitrogens with zero attached hydrogens (tertiary/aromatic N) is 5. The molecule has 108 valence electrons. The highest BCUT2D eigenvalue weighted by molar-refractivity contribution is 5.71. The minimum atomic E-state index is -0.983. The third kappa shape index (κ3) is 2.81. The molecule has 0 saturated carbocycles. The van der Waals surface area contributed by atoms with Crippen LogP contribution in [0, 0.1) is 11.3 Å². The molecular weight excluding hydrogens is 272 g/mol. The van der Waals surface area contributed by atoms with Gasteiger partial charge in [0.15, 0.2) is 0 Å². The molecule has 2 heterocycles. The Labute approximate surface area is 120 Å². The van der Waals surface area contributed by atoms with Crippen molar-refractivity contribution >= 4 is 11.8 Å². The first-order valence-electron chi connectivity index (χ1n) is 6.25. The van der Waals surface area contributed by atoms with Crippen molar-refractivity contribution in [2.75, 3.05) is 5.73 Å². The van der Waals surface area contributed by atoms with Crippen LogP contribution in [0.3, 0.4) is 0 Å². The molecule has 3 N–H and O–H groups in total. The van der Waals surface area contributed by atoms with Gasteiger partial charge in [-0.25, -0.2) is 4.68 Å². The van der Waals surface area contributed by atoms with Crippen LogP contribution in [0.15, 0.2) is 12.4 Å². The van der Waals surface area contributed by atoms with Crippen LogP contribution in [0.4, 0.5) is 5.82 Å². The Morgan fingerprint density at radius 2 is 2.19 bits per heavy atom. The zero-order valence-corrected chi connectivity index (χ0v) is 11.6. The molecule has 2 rings (SSSR count). The monoisotopic (exact) mass is 286 g/mol. The Balaban J connectivity index is 2.45. The SMILES string of the molecule is CC(C)n1nc(-c2cnc(CC(=O)O)cn2)c(C#N)c1N. The summed E-state index contributed by atoms with van der Waals surface area (Å²) in [6, 6.07) is 2.02. The summed E-state index contributed by atoms with van der Waals surface area (Å²) in [7, 11) is 0. The van der Waals surface area contributed by atoms with Gasteiger partial charge in [0.05, 0.1) is 18.3 Å². The molecule has 0 spiro atoms. The third-order valence-corrected chi connectivity index (χ3v) is 2.83. The number of anilines is 1. The van der Waals surface area contributed by atoms with Gasteiger partial charge in [-0.2, -0.15) is 10.4 Å². The number of nitrogens with two attached hydrogens (primary N) is 1. The number of hydrogen-bond acceptors (Lipinski definition) is 6. The summed E-state index contributed by atoms with van der Waals surface area (Å²) < 4.78 is 1.54. The molecule has 0 aliphatic carbocycles. The van der Waals surface area contributed by atoms with Gasteiger partial charge in [0.1, 0.15) is 28.8 Å². The van der Waals surface area contributed by atoms with E-state index >= 15 is 0 Å². The molecule has 0 aromatic carbocycles. The Kier molecular flexibility index (Phi) is 3.84. The maximum Gasteiger partial charge on any atom is 0.309 e. The number of carbonyl (C=O) groups is 1. The summed E-state index contributed by atoms with van der Waals surface area (Å²) in [5.74, 6) is -0.706. The minimum Gasteiger partial charge on any atom is -0.481 e. The number of rotatable bonds is 4. The third-order valence-electron chi connectivity index (χ3n) is 2.83. The lowest BCUT2D eigenvalue weighted by molar-refractivity contribution is -0.136. The summed E-state index contributed by atoms with van der Waals surface area (Å²) in [5, 5.41) is 22.2. The first kappa shape index (κ1) is 14.5. The molecule has 0 radical (unpaired) electrons. The molecule has 0 unspecified atom stereocenters. The van der Waals surface area contributed by atoms with E-state index in [2.05, 4.69) is 15.1 Å². The van der Waals surface area contributed by atoms with Gasteiger partial charge in [-0.05, 0) is 13.8 Å². The molecule has 0 atom stereocenters. The second kappa shape index (κ2) is 5.58. The number of hydrogen-bond donors (Lipinski definition) is 2. The Hall–Kier alpha value is -2.95. The van der Waals surface area contributed by atoms with Crippen LogP contribution in [-0.4, -0.2) is 30.8 Å². The number of aromatic nitrogens is 4. The number of nitriles is 1. The van der Waals surface area contributed by atoms with E-state index in [0.29, 0.717) is 17.1 Å². The number of nitrogen functional groups attached to an aromatic ring is 1. The summed E-state index contributed by atoms with van der Waals surface area (Å²) >= 11 is 0. The molecule has 0 bridgehead atoms. The van der Waals surface area contributed by atoms with Gasteiger partial charge >= 0.3 is 5.97 Å². The summed E-state index contributed by atoms with van der Waals surface area (Å²) in [6.07, 6.45) is 2.54. The lowest BCUT2D eigenvalue weighted by Gasteiger charge is -2.06. The molecule has 0 saturated heterocycles. The quantitative estimate of drug-likeness (QED) is 0.857. The minimum absolute atomic E-state index is 0.00472. The fourth-order valence-electron chi connectivity index (χ4n) is 1.85. The molecule has 8 nitrogen and oxygen atoms in total. The highest BCUT2D eigenvalue weighted by atomic mass is 16.4. The van der Waals surface area contributed by atoms with Crippen molar-refractivity contribution in [2.24, 2.45) is 0 Å². The topological polar surface area (TPSA) is 131 Å². The van der Waals surface area contributed by atoms with Gasteiger partial charge in [0.25, 0.3) is 0 Å². The standard InChI is InChI=1S/C13H14N6O2/c1-7(2)19-13(15)9(4-14)12(18-19)10-6-16-8(5-17-10)3-11(20)21/h5-7H,3,15H2,1-2H3,(H,20,21). The molecule has 21 heavy (non-hydrogen) atoms. The molecule has 0 aliphatic heterocycles. The molecule has 0 fully saturated rings. The van der Waals surface area contributed by atoms with Crippen molar-refractivity contribution in [1.29, 1.82) is 5.26 Å². The van der Waals surface area contributed by atoms with E-state index in [1.54, 1.807) is 4.68 Å². The van der Waals surface area contributed by atoms with E-state index in [4.69, 9.17) is 10.8 Å². The first-order valence-corrected chi connectivity index (χ1v) is 6.25. The van der Waals surface area contributed by atoms with Crippen molar-refractivity contribution < 1.29 is 9.90 Å². The van der Waals surface area contributed by atoms with Crippen LogP contribution in [0.5, 0.6) is 0 Å². The number of aliphatic carboxylic acids is 1. The normalized spacial score (nSPS) is 10.6. The second-order valence-electron chi connectivity index (χ2n) is 4.72. The molecule has 0 aliphatic rings. The Morgan fingerprint density at radius 3 is 2.67 bits per heavy atom. The molecule has 8 heteroatoms. The van der Waals surface area contributed by atoms with Gasteiger partial charge in [-0.3, -0.25) is 14.8 Å². The van der Waals surface area contributed by atoms with E-state index in [0.717, 1.165) is 0 Å². The summed E-state index contributed by atoms with van der Waals surface area (Å²) in [6.45, 7) is 3.80. The smallest absolute Gasteiger partial charge is 0.309 e. The Morgan fingerprint density at radius 1 is 1.48 bits per heavy atom. The summed E-state index contributed by atoms with van der Waals surface area (Å²) in [4.78, 5) is 18.7. The van der Waals surface area contributed by atoms with E-state index in [9.17, 15) is 10.1 Å². The van der Waals surface area contributed by atoms with E-state index in [-0.39, 0.29) is 23.8 Å². The zero-order chi connectivity index (χ0) is 15.6. The maximum atomic E-state index is 10.6. The van der Waals surface area contributed by atoms with Crippen molar-refractivity contribution in [3.63, 3.8) is 0 Å².